The molecule has 30 heavy (non-hydrogen) atoms. The van der Waals surface area contributed by atoms with Gasteiger partial charge in [0.1, 0.15) is 10.8 Å². The number of rotatable bonds is 3. The highest BCUT2D eigenvalue weighted by molar-refractivity contribution is 6.33. The van der Waals surface area contributed by atoms with Crippen LogP contribution < -0.4 is 10.9 Å². The molecular formula is C22H20ClFN4O2. The SMILES string of the molecule is CC(=O)N1CCC(Nc2cnn(-c3ccccc3)c(=O)c2Cl)c2ccc(F)cc2C1. The Morgan fingerprint density at radius 3 is 2.73 bits per heavy atom. The molecule has 1 atom stereocenters. The number of para-hydroxylation sites is 1. The molecule has 1 aliphatic heterocycles. The quantitative estimate of drug-likeness (QED) is 0.689. The molecule has 4 rings (SSSR count). The topological polar surface area (TPSA) is 67.2 Å². The summed E-state index contributed by atoms with van der Waals surface area (Å²) in [6, 6.07) is 13.3. The lowest BCUT2D eigenvalue weighted by Crippen LogP contribution is -2.28. The number of nitrogens with zero attached hydrogens (tertiary/aromatic N) is 3. The molecule has 0 saturated heterocycles. The van der Waals surface area contributed by atoms with Crippen molar-refractivity contribution < 1.29 is 9.18 Å². The second-order valence-corrected chi connectivity index (χ2v) is 7.57. The van der Waals surface area contributed by atoms with Crippen LogP contribution in [0.1, 0.15) is 30.5 Å². The number of fused-ring (bicyclic) bond motifs is 1. The number of hydrogen-bond acceptors (Lipinski definition) is 4. The summed E-state index contributed by atoms with van der Waals surface area (Å²) in [5, 5.41) is 7.54. The molecule has 0 fully saturated rings. The Morgan fingerprint density at radius 1 is 1.23 bits per heavy atom. The zero-order valence-electron chi connectivity index (χ0n) is 16.3. The van der Waals surface area contributed by atoms with E-state index in [9.17, 15) is 14.0 Å². The van der Waals surface area contributed by atoms with E-state index >= 15 is 0 Å². The largest absolute Gasteiger partial charge is 0.375 e. The summed E-state index contributed by atoms with van der Waals surface area (Å²) < 4.78 is 15.1. The van der Waals surface area contributed by atoms with Crippen LogP contribution in [0.4, 0.5) is 10.1 Å². The summed E-state index contributed by atoms with van der Waals surface area (Å²) in [6.45, 7) is 2.33. The molecule has 2 heterocycles. The fraction of sp³-hybridized carbons (Fsp3) is 0.227. The molecule has 6 nitrogen and oxygen atoms in total. The number of halogens is 2. The predicted octanol–water partition coefficient (Wildman–Crippen LogP) is 3.93. The van der Waals surface area contributed by atoms with Gasteiger partial charge in [-0.1, -0.05) is 35.9 Å². The van der Waals surface area contributed by atoms with E-state index in [0.717, 1.165) is 11.1 Å². The van der Waals surface area contributed by atoms with Crippen molar-refractivity contribution in [1.82, 2.24) is 14.7 Å². The van der Waals surface area contributed by atoms with Crippen molar-refractivity contribution in [2.75, 3.05) is 11.9 Å². The van der Waals surface area contributed by atoms with Crippen LogP contribution in [0, 0.1) is 5.82 Å². The summed E-state index contributed by atoms with van der Waals surface area (Å²) in [5.41, 5.74) is 2.16. The van der Waals surface area contributed by atoms with Crippen LogP contribution in [0.5, 0.6) is 0 Å². The highest BCUT2D eigenvalue weighted by Gasteiger charge is 2.25. The van der Waals surface area contributed by atoms with E-state index in [-0.39, 0.29) is 22.8 Å². The van der Waals surface area contributed by atoms with Gasteiger partial charge < -0.3 is 10.2 Å². The van der Waals surface area contributed by atoms with Crippen molar-refractivity contribution in [3.05, 3.63) is 87.0 Å². The average Bonchev–Trinajstić information content (AvgIpc) is 2.91. The summed E-state index contributed by atoms with van der Waals surface area (Å²) in [7, 11) is 0. The van der Waals surface area contributed by atoms with Gasteiger partial charge in [0.25, 0.3) is 5.56 Å². The highest BCUT2D eigenvalue weighted by Crippen LogP contribution is 2.32. The van der Waals surface area contributed by atoms with E-state index in [1.54, 1.807) is 23.1 Å². The van der Waals surface area contributed by atoms with Crippen LogP contribution in [0.3, 0.4) is 0 Å². The van der Waals surface area contributed by atoms with Gasteiger partial charge in [0.05, 0.1) is 23.6 Å². The Kier molecular flexibility index (Phi) is 5.55. The fourth-order valence-electron chi connectivity index (χ4n) is 3.67. The standard InChI is InChI=1S/C22H20ClFN4O2/c1-14(29)27-10-9-19(18-8-7-16(24)11-15(18)13-27)26-20-12-25-28(22(30)21(20)23)17-5-3-2-4-6-17/h2-8,11-12,19,26H,9-10,13H2,1H3. The summed E-state index contributed by atoms with van der Waals surface area (Å²) in [6.07, 6.45) is 2.09. The first-order valence-electron chi connectivity index (χ1n) is 9.57. The van der Waals surface area contributed by atoms with E-state index in [0.29, 0.717) is 30.9 Å². The number of benzene rings is 2. The van der Waals surface area contributed by atoms with Gasteiger partial charge in [-0.05, 0) is 41.8 Å². The number of carbonyl (C=O) groups excluding carboxylic acids is 1. The van der Waals surface area contributed by atoms with Crippen LogP contribution in [0.15, 0.2) is 59.5 Å². The summed E-state index contributed by atoms with van der Waals surface area (Å²) >= 11 is 6.38. The molecule has 3 aromatic rings. The third-order valence-corrected chi connectivity index (χ3v) is 5.59. The van der Waals surface area contributed by atoms with Crippen molar-refractivity contribution in [1.29, 1.82) is 0 Å². The van der Waals surface area contributed by atoms with E-state index in [1.165, 1.54) is 29.9 Å². The number of carbonyl (C=O) groups is 1. The Balaban J connectivity index is 1.68. The monoisotopic (exact) mass is 426 g/mol. The van der Waals surface area contributed by atoms with Gasteiger partial charge in [0.2, 0.25) is 5.91 Å². The number of hydrogen-bond donors (Lipinski definition) is 1. The van der Waals surface area contributed by atoms with Crippen LogP contribution in [0.2, 0.25) is 5.02 Å². The van der Waals surface area contributed by atoms with E-state index in [1.807, 2.05) is 18.2 Å². The highest BCUT2D eigenvalue weighted by atomic mass is 35.5. The third kappa shape index (κ3) is 3.93. The molecule has 0 aliphatic carbocycles. The molecule has 1 N–H and O–H groups in total. The molecule has 1 aromatic heterocycles. The van der Waals surface area contributed by atoms with E-state index in [2.05, 4.69) is 10.4 Å². The Morgan fingerprint density at radius 2 is 2.00 bits per heavy atom. The zero-order chi connectivity index (χ0) is 21.3. The van der Waals surface area contributed by atoms with Gasteiger partial charge in [-0.15, -0.1) is 0 Å². The van der Waals surface area contributed by atoms with Gasteiger partial charge in [0, 0.05) is 20.0 Å². The zero-order valence-corrected chi connectivity index (χ0v) is 17.1. The van der Waals surface area contributed by atoms with Gasteiger partial charge in [-0.25, -0.2) is 4.39 Å². The normalized spacial score (nSPS) is 16.0. The Labute approximate surface area is 177 Å². The third-order valence-electron chi connectivity index (χ3n) is 5.22. The average molecular weight is 427 g/mol. The lowest BCUT2D eigenvalue weighted by atomic mass is 9.99. The van der Waals surface area contributed by atoms with Crippen LogP contribution >= 0.6 is 11.6 Å². The van der Waals surface area contributed by atoms with Crippen molar-refractivity contribution in [3.63, 3.8) is 0 Å². The van der Waals surface area contributed by atoms with Gasteiger partial charge in [-0.3, -0.25) is 9.59 Å². The molecule has 1 unspecified atom stereocenters. The first-order valence-corrected chi connectivity index (χ1v) is 9.95. The van der Waals surface area contributed by atoms with Crippen molar-refractivity contribution in [2.45, 2.75) is 25.9 Å². The molecular weight excluding hydrogens is 407 g/mol. The molecule has 154 valence electrons. The number of aromatic nitrogens is 2. The maximum absolute atomic E-state index is 13.8. The minimum Gasteiger partial charge on any atom is -0.375 e. The molecule has 0 radical (unpaired) electrons. The van der Waals surface area contributed by atoms with Crippen molar-refractivity contribution >= 4 is 23.2 Å². The van der Waals surface area contributed by atoms with Gasteiger partial charge in [-0.2, -0.15) is 9.78 Å². The Bertz CT molecular complexity index is 1150. The van der Waals surface area contributed by atoms with E-state index in [4.69, 9.17) is 11.6 Å². The van der Waals surface area contributed by atoms with Gasteiger partial charge >= 0.3 is 0 Å². The number of amides is 1. The molecule has 0 spiro atoms. The van der Waals surface area contributed by atoms with Crippen LogP contribution in [-0.2, 0) is 11.3 Å². The minimum atomic E-state index is -0.439. The van der Waals surface area contributed by atoms with Crippen molar-refractivity contribution in [2.24, 2.45) is 0 Å². The Hall–Kier alpha value is -3.19. The second-order valence-electron chi connectivity index (χ2n) is 7.19. The minimum absolute atomic E-state index is 0.0187. The summed E-state index contributed by atoms with van der Waals surface area (Å²) in [4.78, 5) is 26.3. The fourth-order valence-corrected chi connectivity index (χ4v) is 3.85. The molecule has 8 heteroatoms. The van der Waals surface area contributed by atoms with Crippen molar-refractivity contribution in [3.8, 4) is 5.69 Å². The maximum Gasteiger partial charge on any atom is 0.292 e. The van der Waals surface area contributed by atoms with Crippen LogP contribution in [0.25, 0.3) is 5.69 Å². The first-order chi connectivity index (χ1) is 14.4. The van der Waals surface area contributed by atoms with Gasteiger partial charge in [0.15, 0.2) is 0 Å². The predicted molar refractivity (Wildman–Crippen MR) is 113 cm³/mol. The lowest BCUT2D eigenvalue weighted by molar-refractivity contribution is -0.129. The van der Waals surface area contributed by atoms with E-state index < -0.39 is 5.56 Å². The smallest absolute Gasteiger partial charge is 0.292 e. The molecule has 2 aromatic carbocycles. The molecule has 1 aliphatic rings. The number of nitrogens with one attached hydrogen (secondary N) is 1. The van der Waals surface area contributed by atoms with Crippen LogP contribution in [-0.4, -0.2) is 27.1 Å². The molecule has 0 bridgehead atoms. The molecule has 0 saturated carbocycles. The first kappa shape index (κ1) is 20.1. The lowest BCUT2D eigenvalue weighted by Gasteiger charge is -2.21. The maximum atomic E-state index is 13.8. The summed E-state index contributed by atoms with van der Waals surface area (Å²) in [5.74, 6) is -0.431. The molecule has 1 amide bonds. The second kappa shape index (κ2) is 8.28. The number of anilines is 1.